The Hall–Kier alpha value is -2.28. The maximum atomic E-state index is 2.33. The fourth-order valence-corrected chi connectivity index (χ4v) is 2.83. The average molecular weight is 275 g/mol. The summed E-state index contributed by atoms with van der Waals surface area (Å²) in [5.74, 6) is 0. The molecule has 0 aromatic heterocycles. The highest BCUT2D eigenvalue weighted by Crippen LogP contribution is 2.28. The molecule has 0 atom stereocenters. The quantitative estimate of drug-likeness (QED) is 0.723. The van der Waals surface area contributed by atoms with Gasteiger partial charge in [-0.05, 0) is 48.6 Å². The van der Waals surface area contributed by atoms with Crippen LogP contribution in [-0.2, 0) is 0 Å². The van der Waals surface area contributed by atoms with Crippen molar-refractivity contribution in [2.45, 2.75) is 19.8 Å². The van der Waals surface area contributed by atoms with Gasteiger partial charge in [0.25, 0.3) is 0 Å². The predicted molar refractivity (Wildman–Crippen MR) is 91.4 cm³/mol. The lowest BCUT2D eigenvalue weighted by Gasteiger charge is -2.26. The van der Waals surface area contributed by atoms with Crippen molar-refractivity contribution in [3.63, 3.8) is 0 Å². The van der Waals surface area contributed by atoms with Crippen LogP contribution in [0.2, 0.25) is 0 Å². The molecule has 0 amide bonds. The Morgan fingerprint density at radius 3 is 2.05 bits per heavy atom. The third kappa shape index (κ3) is 2.92. The smallest absolute Gasteiger partial charge is 0.0408 e. The fourth-order valence-electron chi connectivity index (χ4n) is 2.83. The molecule has 0 bridgehead atoms. The highest BCUT2D eigenvalue weighted by atomic mass is 15.1. The molecule has 106 valence electrons. The van der Waals surface area contributed by atoms with Crippen molar-refractivity contribution in [1.82, 2.24) is 0 Å². The van der Waals surface area contributed by atoms with E-state index < -0.39 is 0 Å². The van der Waals surface area contributed by atoms with Gasteiger partial charge in [0.05, 0.1) is 0 Å². The summed E-state index contributed by atoms with van der Waals surface area (Å²) < 4.78 is 0. The van der Waals surface area contributed by atoms with Gasteiger partial charge >= 0.3 is 0 Å². The zero-order valence-corrected chi connectivity index (χ0v) is 12.7. The summed E-state index contributed by atoms with van der Waals surface area (Å²) in [5, 5.41) is 0. The Labute approximate surface area is 127 Å². The molecule has 0 unspecified atom stereocenters. The van der Waals surface area contributed by atoms with Crippen molar-refractivity contribution in [3.8, 4) is 11.1 Å². The van der Waals surface area contributed by atoms with Gasteiger partial charge < -0.3 is 4.90 Å². The summed E-state index contributed by atoms with van der Waals surface area (Å²) in [7, 11) is 2.14. The van der Waals surface area contributed by atoms with E-state index in [9.17, 15) is 0 Å². The number of nitrogens with zero attached hydrogens (tertiary/aromatic N) is 1. The molecule has 2 aromatic rings. The van der Waals surface area contributed by atoms with E-state index in [1.807, 2.05) is 0 Å². The van der Waals surface area contributed by atoms with Gasteiger partial charge in [-0.1, -0.05) is 54.6 Å². The average Bonchev–Trinajstić information content (AvgIpc) is 2.56. The van der Waals surface area contributed by atoms with Crippen molar-refractivity contribution >= 4 is 5.69 Å². The summed E-state index contributed by atoms with van der Waals surface area (Å²) in [6.45, 7) is 2.19. The summed E-state index contributed by atoms with van der Waals surface area (Å²) in [4.78, 5) is 2.28. The van der Waals surface area contributed by atoms with Gasteiger partial charge in [0.2, 0.25) is 0 Å². The Morgan fingerprint density at radius 1 is 0.762 bits per heavy atom. The van der Waals surface area contributed by atoms with Crippen LogP contribution in [0.25, 0.3) is 11.1 Å². The van der Waals surface area contributed by atoms with Crippen LogP contribution in [0.3, 0.4) is 0 Å². The summed E-state index contributed by atoms with van der Waals surface area (Å²) >= 11 is 0. The van der Waals surface area contributed by atoms with Crippen molar-refractivity contribution in [2.24, 2.45) is 0 Å². The van der Waals surface area contributed by atoms with E-state index in [1.54, 1.807) is 0 Å². The minimum absolute atomic E-state index is 1.14. The van der Waals surface area contributed by atoms with E-state index in [1.165, 1.54) is 28.1 Å². The first-order chi connectivity index (χ1) is 10.3. The lowest BCUT2D eigenvalue weighted by molar-refractivity contribution is 0.952. The van der Waals surface area contributed by atoms with E-state index in [2.05, 4.69) is 85.6 Å². The van der Waals surface area contributed by atoms with Gasteiger partial charge in [-0.3, -0.25) is 0 Å². The number of hydrogen-bond donors (Lipinski definition) is 0. The summed E-state index contributed by atoms with van der Waals surface area (Å²) in [5.41, 5.74) is 6.46. The molecule has 1 nitrogen and oxygen atoms in total. The molecule has 2 aromatic carbocycles. The minimum atomic E-state index is 1.14. The lowest BCUT2D eigenvalue weighted by Crippen LogP contribution is -2.18. The van der Waals surface area contributed by atoms with E-state index in [0.717, 1.165) is 12.8 Å². The van der Waals surface area contributed by atoms with E-state index in [-0.39, 0.29) is 0 Å². The first-order valence-electron chi connectivity index (χ1n) is 7.52. The molecule has 0 heterocycles. The summed E-state index contributed by atoms with van der Waals surface area (Å²) in [6.07, 6.45) is 6.96. The molecule has 1 heteroatoms. The van der Waals surface area contributed by atoms with E-state index >= 15 is 0 Å². The first-order valence-corrected chi connectivity index (χ1v) is 7.52. The van der Waals surface area contributed by atoms with Gasteiger partial charge in [0, 0.05) is 18.4 Å². The lowest BCUT2D eigenvalue weighted by atomic mass is 10.0. The van der Waals surface area contributed by atoms with Crippen LogP contribution in [0.1, 0.15) is 19.8 Å². The minimum Gasteiger partial charge on any atom is -0.345 e. The second-order valence-electron chi connectivity index (χ2n) is 5.53. The first kappa shape index (κ1) is 13.7. The number of rotatable bonds is 3. The zero-order valence-electron chi connectivity index (χ0n) is 12.7. The molecule has 0 saturated heterocycles. The molecule has 0 aliphatic heterocycles. The monoisotopic (exact) mass is 275 g/mol. The molecule has 0 spiro atoms. The molecule has 21 heavy (non-hydrogen) atoms. The largest absolute Gasteiger partial charge is 0.345 e. The van der Waals surface area contributed by atoms with Crippen LogP contribution < -0.4 is 4.90 Å². The number of anilines is 1. The Morgan fingerprint density at radius 2 is 1.38 bits per heavy atom. The summed E-state index contributed by atoms with van der Waals surface area (Å²) in [6, 6.07) is 19.3. The second-order valence-corrected chi connectivity index (χ2v) is 5.53. The fraction of sp³-hybridized carbons (Fsp3) is 0.200. The second kappa shape index (κ2) is 6.01. The van der Waals surface area contributed by atoms with Crippen molar-refractivity contribution < 1.29 is 0 Å². The Kier molecular flexibility index (Phi) is 3.92. The maximum Gasteiger partial charge on any atom is 0.0408 e. The third-order valence-corrected chi connectivity index (χ3v) is 4.08. The van der Waals surface area contributed by atoms with Crippen molar-refractivity contribution in [2.75, 3.05) is 11.9 Å². The molecule has 0 fully saturated rings. The molecule has 0 radical (unpaired) electrons. The van der Waals surface area contributed by atoms with Crippen LogP contribution in [0, 0.1) is 0 Å². The van der Waals surface area contributed by atoms with Gasteiger partial charge in [0.15, 0.2) is 0 Å². The Bertz CT molecular complexity index is 663. The maximum absolute atomic E-state index is 2.33. The molecule has 1 aliphatic carbocycles. The van der Waals surface area contributed by atoms with Gasteiger partial charge in [-0.2, -0.15) is 0 Å². The number of likely N-dealkylation sites (N-methyl/N-ethyl adjacent to an activating group) is 1. The molecule has 0 saturated carbocycles. The van der Waals surface area contributed by atoms with Crippen LogP contribution in [0.15, 0.2) is 78.0 Å². The molecule has 0 N–H and O–H groups in total. The van der Waals surface area contributed by atoms with Crippen LogP contribution >= 0.6 is 0 Å². The normalized spacial score (nSPS) is 14.4. The topological polar surface area (TPSA) is 3.24 Å². The number of allylic oxidation sites excluding steroid dienone is 3. The Balaban J connectivity index is 1.84. The highest BCUT2D eigenvalue weighted by molar-refractivity contribution is 5.67. The zero-order chi connectivity index (χ0) is 14.7. The van der Waals surface area contributed by atoms with Crippen LogP contribution in [0.5, 0.6) is 0 Å². The van der Waals surface area contributed by atoms with E-state index in [4.69, 9.17) is 0 Å². The molecule has 1 aliphatic rings. The molecular weight excluding hydrogens is 254 g/mol. The van der Waals surface area contributed by atoms with Crippen LogP contribution in [-0.4, -0.2) is 7.05 Å². The number of benzene rings is 2. The number of hydrogen-bond acceptors (Lipinski definition) is 1. The standard InChI is InChI=1S/C20H21N/c1-16-8-6-7-11-20(16)21(2)19-14-12-18(13-15-19)17-9-4-3-5-10-17/h3-5,8-15H,6-7H2,1-2H3. The van der Waals surface area contributed by atoms with Crippen molar-refractivity contribution in [3.05, 3.63) is 78.0 Å². The molecule has 3 rings (SSSR count). The van der Waals surface area contributed by atoms with E-state index in [0.29, 0.717) is 0 Å². The van der Waals surface area contributed by atoms with Gasteiger partial charge in [-0.15, -0.1) is 0 Å². The highest BCUT2D eigenvalue weighted by Gasteiger charge is 2.11. The van der Waals surface area contributed by atoms with Gasteiger partial charge in [0.1, 0.15) is 0 Å². The van der Waals surface area contributed by atoms with Crippen LogP contribution in [0.4, 0.5) is 5.69 Å². The van der Waals surface area contributed by atoms with Crippen molar-refractivity contribution in [1.29, 1.82) is 0 Å². The SMILES string of the molecule is CC1=CCCC=C1N(C)c1ccc(-c2ccccc2)cc1. The van der Waals surface area contributed by atoms with Gasteiger partial charge in [-0.25, -0.2) is 0 Å². The third-order valence-electron chi connectivity index (χ3n) is 4.08. The molecular formula is C20H21N. The predicted octanol–water partition coefficient (Wildman–Crippen LogP) is 5.41.